The van der Waals surface area contributed by atoms with Crippen LogP contribution >= 0.6 is 0 Å². The number of amidine groups is 1. The molecule has 4 N–H and O–H groups in total. The highest BCUT2D eigenvalue weighted by Gasteiger charge is 2.22. The summed E-state index contributed by atoms with van der Waals surface area (Å²) in [5.41, 5.74) is 6.71. The number of fused-ring (bicyclic) bond motifs is 1. The molecule has 0 radical (unpaired) electrons. The standard InChI is InChI=1S/C10H12N2O3/c1-5-2-6-3-7(10(11)12-14)8(13)4-9(6)15-5/h3-5,13-14H,2H2,1H3,(H2,11,12). The number of hydrogen-bond donors (Lipinski definition) is 3. The average Bonchev–Trinajstić information content (AvgIpc) is 2.55. The van der Waals surface area contributed by atoms with Crippen molar-refractivity contribution in [3.05, 3.63) is 23.3 Å². The maximum atomic E-state index is 9.61. The molecule has 0 spiro atoms. The van der Waals surface area contributed by atoms with Gasteiger partial charge in [-0.15, -0.1) is 0 Å². The Labute approximate surface area is 86.8 Å². The highest BCUT2D eigenvalue weighted by atomic mass is 16.5. The minimum Gasteiger partial charge on any atom is -0.507 e. The molecule has 5 nitrogen and oxygen atoms in total. The van der Waals surface area contributed by atoms with E-state index in [9.17, 15) is 5.11 Å². The van der Waals surface area contributed by atoms with Gasteiger partial charge in [0.05, 0.1) is 5.56 Å². The molecule has 0 fully saturated rings. The first-order valence-corrected chi connectivity index (χ1v) is 4.62. The fourth-order valence-electron chi connectivity index (χ4n) is 1.71. The van der Waals surface area contributed by atoms with Crippen molar-refractivity contribution in [2.45, 2.75) is 19.4 Å². The minimum absolute atomic E-state index is 0.0434. The molecule has 5 heteroatoms. The minimum atomic E-state index is -0.102. The van der Waals surface area contributed by atoms with Crippen LogP contribution in [0.2, 0.25) is 0 Å². The first-order chi connectivity index (χ1) is 7.11. The summed E-state index contributed by atoms with van der Waals surface area (Å²) in [6, 6.07) is 3.18. The number of oxime groups is 1. The van der Waals surface area contributed by atoms with Gasteiger partial charge in [-0.05, 0) is 18.6 Å². The van der Waals surface area contributed by atoms with Gasteiger partial charge in [-0.3, -0.25) is 0 Å². The molecular weight excluding hydrogens is 196 g/mol. The number of phenols is 1. The molecule has 15 heavy (non-hydrogen) atoms. The molecule has 0 saturated carbocycles. The Bertz CT molecular complexity index is 429. The summed E-state index contributed by atoms with van der Waals surface area (Å²) < 4.78 is 5.45. The van der Waals surface area contributed by atoms with Crippen molar-refractivity contribution in [2.75, 3.05) is 0 Å². The van der Waals surface area contributed by atoms with Gasteiger partial charge < -0.3 is 20.8 Å². The number of aromatic hydroxyl groups is 1. The second kappa shape index (κ2) is 3.34. The lowest BCUT2D eigenvalue weighted by Crippen LogP contribution is -2.13. The van der Waals surface area contributed by atoms with Crippen molar-refractivity contribution >= 4 is 5.84 Å². The molecule has 0 aromatic heterocycles. The van der Waals surface area contributed by atoms with Gasteiger partial charge in [-0.1, -0.05) is 5.16 Å². The lowest BCUT2D eigenvalue weighted by Gasteiger charge is -2.05. The molecule has 2 rings (SSSR count). The monoisotopic (exact) mass is 208 g/mol. The number of ether oxygens (including phenoxy) is 1. The number of phenolic OH excluding ortho intramolecular Hbond substituents is 1. The second-order valence-electron chi connectivity index (χ2n) is 3.59. The van der Waals surface area contributed by atoms with Crippen molar-refractivity contribution < 1.29 is 15.1 Å². The quantitative estimate of drug-likeness (QED) is 0.276. The number of nitrogens with two attached hydrogens (primary N) is 1. The summed E-state index contributed by atoms with van der Waals surface area (Å²) in [4.78, 5) is 0. The van der Waals surface area contributed by atoms with Gasteiger partial charge in [-0.2, -0.15) is 0 Å². The third kappa shape index (κ3) is 1.56. The number of hydrogen-bond acceptors (Lipinski definition) is 4. The molecule has 1 heterocycles. The van der Waals surface area contributed by atoms with Crippen LogP contribution in [-0.2, 0) is 6.42 Å². The van der Waals surface area contributed by atoms with Crippen molar-refractivity contribution in [3.63, 3.8) is 0 Å². The number of benzene rings is 1. The van der Waals surface area contributed by atoms with Crippen molar-refractivity contribution in [1.29, 1.82) is 0 Å². The van der Waals surface area contributed by atoms with Crippen LogP contribution in [-0.4, -0.2) is 22.3 Å². The van der Waals surface area contributed by atoms with E-state index in [1.807, 2.05) is 6.92 Å². The van der Waals surface area contributed by atoms with Gasteiger partial charge in [-0.25, -0.2) is 0 Å². The number of nitrogens with zero attached hydrogens (tertiary/aromatic N) is 1. The summed E-state index contributed by atoms with van der Waals surface area (Å²) in [7, 11) is 0. The van der Waals surface area contributed by atoms with Gasteiger partial charge >= 0.3 is 0 Å². The first kappa shape index (κ1) is 9.64. The van der Waals surface area contributed by atoms with E-state index in [1.165, 1.54) is 6.07 Å². The van der Waals surface area contributed by atoms with Crippen LogP contribution in [0.1, 0.15) is 18.1 Å². The molecule has 1 unspecified atom stereocenters. The van der Waals surface area contributed by atoms with Crippen LogP contribution in [0.3, 0.4) is 0 Å². The van der Waals surface area contributed by atoms with E-state index < -0.39 is 0 Å². The fourth-order valence-corrected chi connectivity index (χ4v) is 1.71. The van der Waals surface area contributed by atoms with Crippen LogP contribution in [0, 0.1) is 0 Å². The van der Waals surface area contributed by atoms with Crippen molar-refractivity contribution in [1.82, 2.24) is 0 Å². The predicted molar refractivity (Wildman–Crippen MR) is 54.4 cm³/mol. The van der Waals surface area contributed by atoms with Gasteiger partial charge in [0.2, 0.25) is 0 Å². The maximum absolute atomic E-state index is 9.61. The zero-order chi connectivity index (χ0) is 11.0. The molecule has 0 saturated heterocycles. The molecule has 1 aliphatic rings. The number of rotatable bonds is 1. The van der Waals surface area contributed by atoms with E-state index in [4.69, 9.17) is 15.7 Å². The molecule has 0 amide bonds. The Kier molecular flexibility index (Phi) is 2.15. The average molecular weight is 208 g/mol. The Balaban J connectivity index is 2.49. The van der Waals surface area contributed by atoms with Crippen LogP contribution in [0.15, 0.2) is 17.3 Å². The molecule has 0 aliphatic carbocycles. The van der Waals surface area contributed by atoms with Gasteiger partial charge in [0.15, 0.2) is 5.84 Å². The summed E-state index contributed by atoms with van der Waals surface area (Å²) >= 11 is 0. The zero-order valence-electron chi connectivity index (χ0n) is 8.27. The van der Waals surface area contributed by atoms with Crippen LogP contribution < -0.4 is 10.5 Å². The summed E-state index contributed by atoms with van der Waals surface area (Å²) in [6.07, 6.45) is 0.864. The molecule has 1 aliphatic heterocycles. The Morgan fingerprint density at radius 3 is 3.00 bits per heavy atom. The molecule has 0 bridgehead atoms. The van der Waals surface area contributed by atoms with Crippen LogP contribution in [0.5, 0.6) is 11.5 Å². The van der Waals surface area contributed by atoms with Crippen molar-refractivity contribution in [3.8, 4) is 11.5 Å². The Morgan fingerprint density at radius 2 is 2.33 bits per heavy atom. The van der Waals surface area contributed by atoms with E-state index in [1.54, 1.807) is 6.07 Å². The van der Waals surface area contributed by atoms with Gasteiger partial charge in [0, 0.05) is 12.5 Å². The topological polar surface area (TPSA) is 88.1 Å². The Hall–Kier alpha value is -1.91. The smallest absolute Gasteiger partial charge is 0.173 e. The SMILES string of the molecule is CC1Cc2cc(/C(N)=N\O)c(O)cc2O1. The maximum Gasteiger partial charge on any atom is 0.173 e. The van der Waals surface area contributed by atoms with Gasteiger partial charge in [0.1, 0.15) is 17.6 Å². The highest BCUT2D eigenvalue weighted by Crippen LogP contribution is 2.34. The van der Waals surface area contributed by atoms with Crippen molar-refractivity contribution in [2.24, 2.45) is 10.9 Å². The molecular formula is C10H12N2O3. The third-order valence-electron chi connectivity index (χ3n) is 2.40. The first-order valence-electron chi connectivity index (χ1n) is 4.62. The normalized spacial score (nSPS) is 19.8. The Morgan fingerprint density at radius 1 is 1.60 bits per heavy atom. The summed E-state index contributed by atoms with van der Waals surface area (Å²) in [6.45, 7) is 1.94. The van der Waals surface area contributed by atoms with Crippen LogP contribution in [0.25, 0.3) is 0 Å². The highest BCUT2D eigenvalue weighted by molar-refractivity contribution is 5.99. The third-order valence-corrected chi connectivity index (χ3v) is 2.40. The van der Waals surface area contributed by atoms with Gasteiger partial charge in [0.25, 0.3) is 0 Å². The molecule has 1 aromatic carbocycles. The molecule has 80 valence electrons. The molecule has 1 atom stereocenters. The van der Waals surface area contributed by atoms with E-state index in [-0.39, 0.29) is 17.7 Å². The second-order valence-corrected chi connectivity index (χ2v) is 3.59. The predicted octanol–water partition coefficient (Wildman–Crippen LogP) is 0.810. The molecule has 1 aromatic rings. The van der Waals surface area contributed by atoms with E-state index in [2.05, 4.69) is 5.16 Å². The lowest BCUT2D eigenvalue weighted by atomic mass is 10.1. The lowest BCUT2D eigenvalue weighted by molar-refractivity contribution is 0.254. The fraction of sp³-hybridized carbons (Fsp3) is 0.300. The van der Waals surface area contributed by atoms with Crippen LogP contribution in [0.4, 0.5) is 0 Å². The summed E-state index contributed by atoms with van der Waals surface area (Å²) in [5, 5.41) is 21.0. The van der Waals surface area contributed by atoms with E-state index in [0.717, 1.165) is 12.0 Å². The zero-order valence-corrected chi connectivity index (χ0v) is 8.27. The summed E-state index contributed by atoms with van der Waals surface area (Å²) in [5.74, 6) is 0.516. The van der Waals surface area contributed by atoms with E-state index in [0.29, 0.717) is 11.3 Å². The largest absolute Gasteiger partial charge is 0.507 e. The van der Waals surface area contributed by atoms with E-state index >= 15 is 0 Å².